The van der Waals surface area contributed by atoms with Gasteiger partial charge in [0.1, 0.15) is 17.3 Å². The molecule has 0 spiro atoms. The molecular formula is C19H16N4O2S. The van der Waals surface area contributed by atoms with Crippen molar-refractivity contribution in [3.05, 3.63) is 74.3 Å². The first-order valence-corrected chi connectivity index (χ1v) is 8.71. The number of aromatic nitrogens is 2. The quantitative estimate of drug-likeness (QED) is 0.571. The molecule has 0 saturated heterocycles. The Hall–Kier alpha value is -3.37. The van der Waals surface area contributed by atoms with Crippen LogP contribution >= 0.6 is 11.3 Å². The average Bonchev–Trinajstić information content (AvgIpc) is 3.23. The fraction of sp³-hybridized carbons (Fsp3) is 0.105. The number of nitrogens with zero attached hydrogens (tertiary/aromatic N) is 3. The first-order chi connectivity index (χ1) is 12.5. The number of thiophene rings is 1. The Morgan fingerprint density at radius 2 is 1.96 bits per heavy atom. The fourth-order valence-corrected chi connectivity index (χ4v) is 3.21. The summed E-state index contributed by atoms with van der Waals surface area (Å²) < 4.78 is 3.14. The van der Waals surface area contributed by atoms with Crippen molar-refractivity contribution in [2.45, 2.75) is 6.92 Å². The van der Waals surface area contributed by atoms with E-state index in [1.807, 2.05) is 53.9 Å². The molecule has 0 fully saturated rings. The maximum Gasteiger partial charge on any atom is 0.295 e. The van der Waals surface area contributed by atoms with E-state index in [2.05, 4.69) is 5.32 Å². The number of rotatable bonds is 4. The maximum atomic E-state index is 12.8. The van der Waals surface area contributed by atoms with Crippen LogP contribution in [0.1, 0.15) is 10.6 Å². The Morgan fingerprint density at radius 1 is 1.23 bits per heavy atom. The molecule has 0 unspecified atom stereocenters. The predicted molar refractivity (Wildman–Crippen MR) is 102 cm³/mol. The van der Waals surface area contributed by atoms with Gasteiger partial charge in [0, 0.05) is 11.9 Å². The van der Waals surface area contributed by atoms with Gasteiger partial charge in [-0.25, -0.2) is 4.68 Å². The molecule has 3 rings (SSSR count). The SMILES string of the molecule is Cc1c(NC(=O)C(C#N)=Cc2cccs2)c(=O)n(-c2ccccc2)n1C. The van der Waals surface area contributed by atoms with Gasteiger partial charge in [0.15, 0.2) is 0 Å². The zero-order chi connectivity index (χ0) is 18.7. The molecule has 2 heterocycles. The first kappa shape index (κ1) is 17.5. The Balaban J connectivity index is 1.97. The van der Waals surface area contributed by atoms with Gasteiger partial charge in [-0.1, -0.05) is 24.3 Å². The van der Waals surface area contributed by atoms with Crippen molar-refractivity contribution >= 4 is 29.0 Å². The van der Waals surface area contributed by atoms with E-state index in [-0.39, 0.29) is 16.8 Å². The van der Waals surface area contributed by atoms with Crippen molar-refractivity contribution in [2.24, 2.45) is 7.05 Å². The third kappa shape index (κ3) is 3.23. The highest BCUT2D eigenvalue weighted by Gasteiger charge is 2.19. The van der Waals surface area contributed by atoms with Gasteiger partial charge in [-0.15, -0.1) is 11.3 Å². The zero-order valence-electron chi connectivity index (χ0n) is 14.3. The summed E-state index contributed by atoms with van der Waals surface area (Å²) in [7, 11) is 1.74. The summed E-state index contributed by atoms with van der Waals surface area (Å²) in [4.78, 5) is 26.1. The summed E-state index contributed by atoms with van der Waals surface area (Å²) in [6.45, 7) is 1.74. The molecule has 0 atom stereocenters. The monoisotopic (exact) mass is 364 g/mol. The van der Waals surface area contributed by atoms with Crippen LogP contribution in [0, 0.1) is 18.3 Å². The minimum absolute atomic E-state index is 0.0543. The molecule has 0 aliphatic carbocycles. The minimum Gasteiger partial charge on any atom is -0.315 e. The van der Waals surface area contributed by atoms with E-state index in [9.17, 15) is 14.9 Å². The molecule has 7 heteroatoms. The Labute approximate surface area is 154 Å². The second-order valence-corrected chi connectivity index (χ2v) is 6.56. The third-order valence-corrected chi connectivity index (χ3v) is 4.81. The van der Waals surface area contributed by atoms with Crippen LogP contribution in [-0.4, -0.2) is 15.3 Å². The maximum absolute atomic E-state index is 12.8. The Bertz CT molecular complexity index is 1070. The Morgan fingerprint density at radius 3 is 2.58 bits per heavy atom. The summed E-state index contributed by atoms with van der Waals surface area (Å²) in [6, 6.07) is 14.7. The minimum atomic E-state index is -0.605. The number of hydrogen-bond acceptors (Lipinski definition) is 4. The van der Waals surface area contributed by atoms with E-state index in [4.69, 9.17) is 0 Å². The number of nitriles is 1. The molecule has 3 aromatic rings. The van der Waals surface area contributed by atoms with E-state index in [0.29, 0.717) is 11.4 Å². The molecule has 6 nitrogen and oxygen atoms in total. The molecular weight excluding hydrogens is 348 g/mol. The van der Waals surface area contributed by atoms with Gasteiger partial charge in [-0.3, -0.25) is 14.3 Å². The normalized spacial score (nSPS) is 11.2. The lowest BCUT2D eigenvalue weighted by Crippen LogP contribution is -2.23. The number of para-hydroxylation sites is 1. The van der Waals surface area contributed by atoms with Crippen molar-refractivity contribution in [3.8, 4) is 11.8 Å². The molecule has 1 amide bonds. The van der Waals surface area contributed by atoms with Crippen LogP contribution in [0.15, 0.2) is 58.2 Å². The summed E-state index contributed by atoms with van der Waals surface area (Å²) >= 11 is 1.42. The van der Waals surface area contributed by atoms with Gasteiger partial charge in [0.25, 0.3) is 11.5 Å². The summed E-state index contributed by atoms with van der Waals surface area (Å²) in [5.41, 5.74) is 1.05. The number of anilines is 1. The van der Waals surface area contributed by atoms with Gasteiger partial charge in [-0.05, 0) is 36.6 Å². The van der Waals surface area contributed by atoms with Gasteiger partial charge in [-0.2, -0.15) is 5.26 Å². The smallest absolute Gasteiger partial charge is 0.295 e. The molecule has 0 aliphatic rings. The van der Waals surface area contributed by atoms with E-state index in [0.717, 1.165) is 4.88 Å². The molecule has 0 saturated carbocycles. The standard InChI is InChI=1S/C19H16N4O2S/c1-13-17(19(25)23(22(13)2)15-7-4-3-5-8-15)21-18(24)14(12-20)11-16-9-6-10-26-16/h3-11H,1-2H3,(H,21,24). The lowest BCUT2D eigenvalue weighted by atomic mass is 10.2. The zero-order valence-corrected chi connectivity index (χ0v) is 15.1. The molecule has 2 aromatic heterocycles. The van der Waals surface area contributed by atoms with Crippen LogP contribution in [0.5, 0.6) is 0 Å². The van der Waals surface area contributed by atoms with Crippen molar-refractivity contribution in [1.82, 2.24) is 9.36 Å². The number of nitrogens with one attached hydrogen (secondary N) is 1. The van der Waals surface area contributed by atoms with Crippen LogP contribution in [0.25, 0.3) is 11.8 Å². The summed E-state index contributed by atoms with van der Waals surface area (Å²) in [5, 5.41) is 13.7. The molecule has 1 N–H and O–H groups in total. The highest BCUT2D eigenvalue weighted by atomic mass is 32.1. The van der Waals surface area contributed by atoms with E-state index in [1.165, 1.54) is 22.1 Å². The molecule has 1 aromatic carbocycles. The number of benzene rings is 1. The van der Waals surface area contributed by atoms with Crippen LogP contribution < -0.4 is 10.9 Å². The van der Waals surface area contributed by atoms with Crippen molar-refractivity contribution in [3.63, 3.8) is 0 Å². The summed E-state index contributed by atoms with van der Waals surface area (Å²) in [5.74, 6) is -0.605. The number of amides is 1. The highest BCUT2D eigenvalue weighted by molar-refractivity contribution is 7.10. The van der Waals surface area contributed by atoms with Crippen molar-refractivity contribution in [2.75, 3.05) is 5.32 Å². The third-order valence-electron chi connectivity index (χ3n) is 3.99. The van der Waals surface area contributed by atoms with Crippen LogP contribution in [0.3, 0.4) is 0 Å². The van der Waals surface area contributed by atoms with E-state index >= 15 is 0 Å². The van der Waals surface area contributed by atoms with E-state index in [1.54, 1.807) is 18.7 Å². The second kappa shape index (κ2) is 7.25. The van der Waals surface area contributed by atoms with Crippen LogP contribution in [-0.2, 0) is 11.8 Å². The highest BCUT2D eigenvalue weighted by Crippen LogP contribution is 2.17. The molecule has 0 radical (unpaired) electrons. The number of carbonyl (C=O) groups is 1. The van der Waals surface area contributed by atoms with Crippen molar-refractivity contribution < 1.29 is 4.79 Å². The van der Waals surface area contributed by atoms with Gasteiger partial charge < -0.3 is 5.32 Å². The first-order valence-electron chi connectivity index (χ1n) is 7.83. The predicted octanol–water partition coefficient (Wildman–Crippen LogP) is 3.09. The summed E-state index contributed by atoms with van der Waals surface area (Å²) in [6.07, 6.45) is 1.51. The van der Waals surface area contributed by atoms with E-state index < -0.39 is 5.91 Å². The van der Waals surface area contributed by atoms with Gasteiger partial charge >= 0.3 is 0 Å². The van der Waals surface area contributed by atoms with Crippen LogP contribution in [0.2, 0.25) is 0 Å². The molecule has 0 bridgehead atoms. The van der Waals surface area contributed by atoms with Crippen molar-refractivity contribution in [1.29, 1.82) is 5.26 Å². The molecule has 26 heavy (non-hydrogen) atoms. The topological polar surface area (TPSA) is 79.8 Å². The lowest BCUT2D eigenvalue weighted by molar-refractivity contribution is -0.112. The lowest BCUT2D eigenvalue weighted by Gasteiger charge is -2.07. The average molecular weight is 364 g/mol. The fourth-order valence-electron chi connectivity index (χ4n) is 2.56. The molecule has 0 aliphatic heterocycles. The number of hydrogen-bond donors (Lipinski definition) is 1. The number of carbonyl (C=O) groups excluding carboxylic acids is 1. The molecule has 130 valence electrons. The van der Waals surface area contributed by atoms with Gasteiger partial charge in [0.05, 0.1) is 11.4 Å². The Kier molecular flexibility index (Phi) is 4.87. The second-order valence-electron chi connectivity index (χ2n) is 5.58. The van der Waals surface area contributed by atoms with Crippen LogP contribution in [0.4, 0.5) is 5.69 Å². The van der Waals surface area contributed by atoms with Gasteiger partial charge in [0.2, 0.25) is 0 Å². The largest absolute Gasteiger partial charge is 0.315 e.